The number of hydrogen-bond donors (Lipinski definition) is 1. The van der Waals surface area contributed by atoms with Crippen LogP contribution < -0.4 is 10.1 Å². The van der Waals surface area contributed by atoms with Crippen LogP contribution in [0, 0.1) is 6.92 Å². The van der Waals surface area contributed by atoms with E-state index in [1.165, 1.54) is 0 Å². The quantitative estimate of drug-likeness (QED) is 0.497. The monoisotopic (exact) mass is 309 g/mol. The van der Waals surface area contributed by atoms with Crippen LogP contribution >= 0.6 is 11.8 Å². The molecule has 0 atom stereocenters. The molecule has 0 aliphatic rings. The number of hydrogen-bond acceptors (Lipinski definition) is 5. The summed E-state index contributed by atoms with van der Waals surface area (Å²) in [5, 5.41) is 2.46. The van der Waals surface area contributed by atoms with Gasteiger partial charge in [-0.05, 0) is 43.9 Å². The largest absolute Gasteiger partial charge is 0.463 e. The summed E-state index contributed by atoms with van der Waals surface area (Å²) in [6.45, 7) is 7.36. The van der Waals surface area contributed by atoms with Gasteiger partial charge in [-0.15, -0.1) is 11.8 Å². The zero-order chi connectivity index (χ0) is 15.8. The highest BCUT2D eigenvalue weighted by atomic mass is 32.2. The third-order valence-electron chi connectivity index (χ3n) is 2.59. The third kappa shape index (κ3) is 5.51. The first-order chi connectivity index (χ1) is 9.97. The molecule has 0 saturated carbocycles. The summed E-state index contributed by atoms with van der Waals surface area (Å²) < 4.78 is 9.95. The molecule has 0 heterocycles. The molecule has 0 bridgehead atoms. The van der Waals surface area contributed by atoms with Crippen molar-refractivity contribution in [3.8, 4) is 5.75 Å². The van der Waals surface area contributed by atoms with Crippen molar-refractivity contribution in [2.24, 2.45) is 0 Å². The van der Waals surface area contributed by atoms with Crippen molar-refractivity contribution in [3.63, 3.8) is 0 Å². The van der Waals surface area contributed by atoms with E-state index in [0.29, 0.717) is 5.75 Å². The third-order valence-corrected chi connectivity index (χ3v) is 3.32. The molecular formula is C15H19NO4S. The first-order valence-corrected chi connectivity index (χ1v) is 7.65. The Morgan fingerprint density at radius 1 is 1.38 bits per heavy atom. The maximum atomic E-state index is 11.7. The lowest BCUT2D eigenvalue weighted by molar-refractivity contribution is -0.138. The van der Waals surface area contributed by atoms with Gasteiger partial charge in [-0.25, -0.2) is 9.59 Å². The number of rotatable bonds is 6. The van der Waals surface area contributed by atoms with E-state index in [9.17, 15) is 9.59 Å². The summed E-state index contributed by atoms with van der Waals surface area (Å²) >= 11 is 1.61. The fourth-order valence-electron chi connectivity index (χ4n) is 1.48. The minimum atomic E-state index is -0.638. The van der Waals surface area contributed by atoms with Crippen LogP contribution in [0.25, 0.3) is 0 Å². The topological polar surface area (TPSA) is 64.6 Å². The van der Waals surface area contributed by atoms with Crippen molar-refractivity contribution in [1.82, 2.24) is 5.32 Å². The van der Waals surface area contributed by atoms with Crippen molar-refractivity contribution in [3.05, 3.63) is 35.9 Å². The van der Waals surface area contributed by atoms with Crippen molar-refractivity contribution in [1.29, 1.82) is 0 Å². The molecule has 1 N–H and O–H groups in total. The maximum absolute atomic E-state index is 11.7. The fraction of sp³-hybridized carbons (Fsp3) is 0.333. The number of nitrogens with one attached hydrogen (secondary N) is 1. The second-order valence-corrected chi connectivity index (χ2v) is 5.08. The van der Waals surface area contributed by atoms with Gasteiger partial charge in [-0.1, -0.05) is 6.58 Å². The Balaban J connectivity index is 2.51. The van der Waals surface area contributed by atoms with Crippen LogP contribution in [0.15, 0.2) is 35.2 Å². The van der Waals surface area contributed by atoms with Crippen LogP contribution in [-0.2, 0) is 9.53 Å². The normalized spacial score (nSPS) is 9.86. The van der Waals surface area contributed by atoms with Crippen molar-refractivity contribution in [2.45, 2.75) is 18.7 Å². The van der Waals surface area contributed by atoms with Crippen LogP contribution in [-0.4, -0.2) is 31.5 Å². The highest BCUT2D eigenvalue weighted by Crippen LogP contribution is 2.24. The number of carbonyl (C=O) groups excluding carboxylic acids is 2. The number of aryl methyl sites for hydroxylation is 1. The Hall–Kier alpha value is -1.95. The molecule has 1 rings (SSSR count). The lowest BCUT2D eigenvalue weighted by Gasteiger charge is -2.10. The van der Waals surface area contributed by atoms with Gasteiger partial charge in [0.1, 0.15) is 5.75 Å². The highest BCUT2D eigenvalue weighted by Gasteiger charge is 2.11. The first kappa shape index (κ1) is 17.1. The second-order valence-electron chi connectivity index (χ2n) is 4.20. The van der Waals surface area contributed by atoms with E-state index >= 15 is 0 Å². The molecule has 5 nitrogen and oxygen atoms in total. The van der Waals surface area contributed by atoms with Crippen LogP contribution in [0.5, 0.6) is 5.75 Å². The molecule has 114 valence electrons. The van der Waals surface area contributed by atoms with Gasteiger partial charge in [0.15, 0.2) is 0 Å². The summed E-state index contributed by atoms with van der Waals surface area (Å²) in [7, 11) is 0. The average molecular weight is 309 g/mol. The zero-order valence-electron chi connectivity index (χ0n) is 12.4. The number of amides is 1. The van der Waals surface area contributed by atoms with E-state index in [-0.39, 0.29) is 18.7 Å². The van der Waals surface area contributed by atoms with Gasteiger partial charge in [0, 0.05) is 10.5 Å². The lowest BCUT2D eigenvalue weighted by atomic mass is 10.2. The Bertz CT molecular complexity index is 542. The molecule has 6 heteroatoms. The summed E-state index contributed by atoms with van der Waals surface area (Å²) in [4.78, 5) is 24.1. The van der Waals surface area contributed by atoms with E-state index < -0.39 is 12.1 Å². The molecule has 0 aliphatic carbocycles. The Morgan fingerprint density at radius 2 is 2.10 bits per heavy atom. The molecule has 0 spiro atoms. The predicted molar refractivity (Wildman–Crippen MR) is 82.8 cm³/mol. The predicted octanol–water partition coefficient (Wildman–Crippen LogP) is 2.92. The van der Waals surface area contributed by atoms with Crippen molar-refractivity contribution >= 4 is 23.8 Å². The molecule has 1 aromatic carbocycles. The summed E-state index contributed by atoms with van der Waals surface area (Å²) in [6.07, 6.45) is 1.34. The zero-order valence-corrected chi connectivity index (χ0v) is 13.2. The molecule has 0 saturated heterocycles. The van der Waals surface area contributed by atoms with Gasteiger partial charge >= 0.3 is 12.1 Å². The average Bonchev–Trinajstić information content (AvgIpc) is 2.47. The summed E-state index contributed by atoms with van der Waals surface area (Å²) in [5.41, 5.74) is 1.03. The molecule has 0 aromatic heterocycles. The van der Waals surface area contributed by atoms with Crippen molar-refractivity contribution < 1.29 is 19.1 Å². The van der Waals surface area contributed by atoms with Gasteiger partial charge in [-0.2, -0.15) is 0 Å². The van der Waals surface area contributed by atoms with Crippen LogP contribution in [0.1, 0.15) is 12.5 Å². The molecule has 0 fully saturated rings. The summed E-state index contributed by atoms with van der Waals surface area (Å²) in [6, 6.07) is 5.55. The van der Waals surface area contributed by atoms with Crippen LogP contribution in [0.2, 0.25) is 0 Å². The maximum Gasteiger partial charge on any atom is 0.412 e. The Morgan fingerprint density at radius 3 is 2.67 bits per heavy atom. The molecule has 21 heavy (non-hydrogen) atoms. The van der Waals surface area contributed by atoms with Gasteiger partial charge < -0.3 is 14.8 Å². The van der Waals surface area contributed by atoms with E-state index in [0.717, 1.165) is 10.5 Å². The van der Waals surface area contributed by atoms with E-state index in [1.54, 1.807) is 24.8 Å². The molecule has 1 amide bonds. The number of thioether (sulfide) groups is 1. The highest BCUT2D eigenvalue weighted by molar-refractivity contribution is 7.98. The van der Waals surface area contributed by atoms with Crippen LogP contribution in [0.4, 0.5) is 4.79 Å². The molecule has 0 aliphatic heterocycles. The number of esters is 1. The minimum Gasteiger partial charge on any atom is -0.463 e. The van der Waals surface area contributed by atoms with E-state index in [2.05, 4.69) is 11.9 Å². The van der Waals surface area contributed by atoms with E-state index in [4.69, 9.17) is 9.47 Å². The number of ether oxygens (including phenoxy) is 2. The minimum absolute atomic E-state index is 0.0143. The molecular weight excluding hydrogens is 290 g/mol. The van der Waals surface area contributed by atoms with Gasteiger partial charge in [-0.3, -0.25) is 0 Å². The first-order valence-electron chi connectivity index (χ1n) is 6.43. The smallest absolute Gasteiger partial charge is 0.412 e. The summed E-state index contributed by atoms with van der Waals surface area (Å²) in [5.74, 6) is -0.0506. The molecule has 0 radical (unpaired) electrons. The number of benzene rings is 1. The fourth-order valence-corrected chi connectivity index (χ4v) is 1.98. The molecule has 1 aromatic rings. The van der Waals surface area contributed by atoms with Crippen molar-refractivity contribution in [2.75, 3.05) is 19.4 Å². The lowest BCUT2D eigenvalue weighted by Crippen LogP contribution is -2.30. The van der Waals surface area contributed by atoms with Gasteiger partial charge in [0.25, 0.3) is 0 Å². The SMILES string of the molecule is C=C(CNC(=O)Oc1ccc(SC)cc1C)C(=O)OCC. The van der Waals surface area contributed by atoms with Crippen LogP contribution in [0.3, 0.4) is 0 Å². The second kappa shape index (κ2) is 8.36. The van der Waals surface area contributed by atoms with Gasteiger partial charge in [0.05, 0.1) is 13.2 Å². The Kier molecular flexibility index (Phi) is 6.81. The number of carbonyl (C=O) groups is 2. The van der Waals surface area contributed by atoms with Gasteiger partial charge in [0.2, 0.25) is 0 Å². The standard InChI is InChI=1S/C15H19NO4S/c1-5-19-14(17)11(3)9-16-15(18)20-13-7-6-12(21-4)8-10(13)2/h6-8H,3,5,9H2,1-2,4H3,(H,16,18). The molecule has 0 unspecified atom stereocenters. The Labute approximate surface area is 128 Å². The van der Waals surface area contributed by atoms with E-state index in [1.807, 2.05) is 25.3 Å².